The molecular formula is C19H30N2O3. The van der Waals surface area contributed by atoms with E-state index in [-0.39, 0.29) is 18.1 Å². The third kappa shape index (κ3) is 4.28. The number of anilines is 1. The van der Waals surface area contributed by atoms with Crippen molar-refractivity contribution >= 4 is 11.7 Å². The number of nitrogens with one attached hydrogen (secondary N) is 1. The number of carbonyl (C=O) groups excluding carboxylic acids is 1. The van der Waals surface area contributed by atoms with Gasteiger partial charge >= 0.3 is 6.03 Å². The Labute approximate surface area is 145 Å². The Morgan fingerprint density at radius 1 is 1.25 bits per heavy atom. The highest BCUT2D eigenvalue weighted by Crippen LogP contribution is 2.31. The molecule has 0 radical (unpaired) electrons. The number of aliphatic hydroxyl groups is 1. The molecule has 1 heterocycles. The first-order valence-electron chi connectivity index (χ1n) is 8.86. The predicted molar refractivity (Wildman–Crippen MR) is 96.4 cm³/mol. The summed E-state index contributed by atoms with van der Waals surface area (Å²) in [7, 11) is 1.79. The number of carbonyl (C=O) groups is 1. The van der Waals surface area contributed by atoms with E-state index >= 15 is 0 Å². The van der Waals surface area contributed by atoms with Gasteiger partial charge in [0.25, 0.3) is 0 Å². The van der Waals surface area contributed by atoms with Gasteiger partial charge in [-0.05, 0) is 36.8 Å². The van der Waals surface area contributed by atoms with E-state index in [1.165, 1.54) is 0 Å². The number of ether oxygens (including phenoxy) is 1. The summed E-state index contributed by atoms with van der Waals surface area (Å²) in [6.07, 6.45) is 3.33. The number of benzene rings is 1. The van der Waals surface area contributed by atoms with Crippen molar-refractivity contribution in [2.24, 2.45) is 5.41 Å². The van der Waals surface area contributed by atoms with E-state index in [0.29, 0.717) is 19.8 Å². The number of hydrogen-bond acceptors (Lipinski definition) is 3. The minimum absolute atomic E-state index is 0.0831. The lowest BCUT2D eigenvalue weighted by Gasteiger charge is -2.38. The van der Waals surface area contributed by atoms with Crippen LogP contribution in [0.1, 0.15) is 37.8 Å². The molecule has 1 aromatic carbocycles. The lowest BCUT2D eigenvalue weighted by Crippen LogP contribution is -2.45. The van der Waals surface area contributed by atoms with Crippen molar-refractivity contribution in [3.8, 4) is 0 Å². The van der Waals surface area contributed by atoms with E-state index in [1.54, 1.807) is 11.9 Å². The van der Waals surface area contributed by atoms with Crippen molar-refractivity contribution < 1.29 is 14.6 Å². The van der Waals surface area contributed by atoms with Crippen molar-refractivity contribution in [1.82, 2.24) is 4.90 Å². The maximum atomic E-state index is 12.7. The fourth-order valence-electron chi connectivity index (χ4n) is 3.35. The number of nitrogens with zero attached hydrogens (tertiary/aromatic N) is 1. The topological polar surface area (TPSA) is 61.8 Å². The molecule has 0 unspecified atom stereocenters. The number of aryl methyl sites for hydroxylation is 2. The summed E-state index contributed by atoms with van der Waals surface area (Å²) in [5, 5.41) is 12.9. The molecule has 0 bridgehead atoms. The summed E-state index contributed by atoms with van der Waals surface area (Å²) in [6.45, 7) is 6.10. The molecule has 2 N–H and O–H groups in total. The van der Waals surface area contributed by atoms with Gasteiger partial charge in [-0.15, -0.1) is 0 Å². The maximum Gasteiger partial charge on any atom is 0.321 e. The van der Waals surface area contributed by atoms with E-state index in [2.05, 4.69) is 31.3 Å². The van der Waals surface area contributed by atoms with Gasteiger partial charge in [0.1, 0.15) is 0 Å². The predicted octanol–water partition coefficient (Wildman–Crippen LogP) is 3.06. The summed E-state index contributed by atoms with van der Waals surface area (Å²) in [6, 6.07) is 6.04. The molecule has 0 atom stereocenters. The highest BCUT2D eigenvalue weighted by Gasteiger charge is 2.34. The van der Waals surface area contributed by atoms with Gasteiger partial charge in [-0.2, -0.15) is 0 Å². The van der Waals surface area contributed by atoms with Gasteiger partial charge in [0.05, 0.1) is 6.61 Å². The molecule has 24 heavy (non-hydrogen) atoms. The molecule has 0 spiro atoms. The number of para-hydroxylation sites is 1. The molecular weight excluding hydrogens is 304 g/mol. The number of aliphatic hydroxyl groups excluding tert-OH is 1. The zero-order chi connectivity index (χ0) is 17.6. The van der Waals surface area contributed by atoms with Crippen molar-refractivity contribution in [1.29, 1.82) is 0 Å². The quantitative estimate of drug-likeness (QED) is 0.840. The Balaban J connectivity index is 2.09. The molecule has 5 heteroatoms. The fraction of sp³-hybridized carbons (Fsp3) is 0.632. The van der Waals surface area contributed by atoms with Crippen molar-refractivity contribution in [2.45, 2.75) is 39.5 Å². The van der Waals surface area contributed by atoms with Gasteiger partial charge < -0.3 is 20.1 Å². The SMILES string of the molecule is CCc1cccc(CC)c1NC(=O)N(C)CC1(CO)CCOCC1. The second-order valence-electron chi connectivity index (χ2n) is 6.72. The second kappa shape index (κ2) is 8.49. The van der Waals surface area contributed by atoms with Crippen LogP contribution in [-0.4, -0.2) is 49.5 Å². The van der Waals surface area contributed by atoms with Gasteiger partial charge in [-0.25, -0.2) is 4.79 Å². The Kier molecular flexibility index (Phi) is 6.63. The minimum atomic E-state index is -0.248. The smallest absolute Gasteiger partial charge is 0.321 e. The molecule has 134 valence electrons. The normalized spacial score (nSPS) is 16.7. The first-order valence-corrected chi connectivity index (χ1v) is 8.86. The molecule has 1 saturated heterocycles. The van der Waals surface area contributed by atoms with Crippen LogP contribution < -0.4 is 5.32 Å². The summed E-state index contributed by atoms with van der Waals surface area (Å²) < 4.78 is 5.39. The second-order valence-corrected chi connectivity index (χ2v) is 6.72. The molecule has 1 fully saturated rings. The van der Waals surface area contributed by atoms with Gasteiger partial charge in [0.2, 0.25) is 0 Å². The lowest BCUT2D eigenvalue weighted by atomic mass is 9.80. The zero-order valence-corrected chi connectivity index (χ0v) is 15.1. The largest absolute Gasteiger partial charge is 0.396 e. The first-order chi connectivity index (χ1) is 11.5. The third-order valence-electron chi connectivity index (χ3n) is 5.04. The Bertz CT molecular complexity index is 531. The summed E-state index contributed by atoms with van der Waals surface area (Å²) in [4.78, 5) is 14.4. The molecule has 1 aromatic rings. The van der Waals surface area contributed by atoms with Crippen LogP contribution in [-0.2, 0) is 17.6 Å². The van der Waals surface area contributed by atoms with Crippen molar-refractivity contribution in [3.63, 3.8) is 0 Å². The van der Waals surface area contributed by atoms with Crippen LogP contribution in [0.25, 0.3) is 0 Å². The molecule has 1 aliphatic rings. The van der Waals surface area contributed by atoms with Crippen molar-refractivity contribution in [2.75, 3.05) is 38.7 Å². The first kappa shape index (κ1) is 18.7. The summed E-state index contributed by atoms with van der Waals surface area (Å²) in [5.74, 6) is 0. The molecule has 1 aliphatic heterocycles. The Morgan fingerprint density at radius 2 is 1.83 bits per heavy atom. The van der Waals surface area contributed by atoms with E-state index in [4.69, 9.17) is 4.74 Å². The van der Waals surface area contributed by atoms with Crippen LogP contribution in [0.15, 0.2) is 18.2 Å². The van der Waals surface area contributed by atoms with Crippen LogP contribution in [0, 0.1) is 5.41 Å². The van der Waals surface area contributed by atoms with E-state index in [1.807, 2.05) is 6.07 Å². The number of urea groups is 1. The van der Waals surface area contributed by atoms with E-state index in [0.717, 1.165) is 42.5 Å². The fourth-order valence-corrected chi connectivity index (χ4v) is 3.35. The van der Waals surface area contributed by atoms with E-state index in [9.17, 15) is 9.90 Å². The van der Waals surface area contributed by atoms with Gasteiger partial charge in [0, 0.05) is 37.9 Å². The lowest BCUT2D eigenvalue weighted by molar-refractivity contribution is -0.0255. The minimum Gasteiger partial charge on any atom is -0.396 e. The van der Waals surface area contributed by atoms with Gasteiger partial charge in [-0.1, -0.05) is 32.0 Å². The van der Waals surface area contributed by atoms with Crippen molar-refractivity contribution in [3.05, 3.63) is 29.3 Å². The Hall–Kier alpha value is -1.59. The van der Waals surface area contributed by atoms with Gasteiger partial charge in [-0.3, -0.25) is 0 Å². The summed E-state index contributed by atoms with van der Waals surface area (Å²) in [5.41, 5.74) is 2.99. The molecule has 0 saturated carbocycles. The van der Waals surface area contributed by atoms with Crippen LogP contribution in [0.5, 0.6) is 0 Å². The highest BCUT2D eigenvalue weighted by molar-refractivity contribution is 5.91. The molecule has 2 amide bonds. The molecule has 0 aliphatic carbocycles. The van der Waals surface area contributed by atoms with Crippen LogP contribution in [0.4, 0.5) is 10.5 Å². The Morgan fingerprint density at radius 3 is 2.33 bits per heavy atom. The zero-order valence-electron chi connectivity index (χ0n) is 15.1. The molecule has 2 rings (SSSR count). The third-order valence-corrected chi connectivity index (χ3v) is 5.04. The van der Waals surface area contributed by atoms with Crippen LogP contribution in [0.3, 0.4) is 0 Å². The number of hydrogen-bond donors (Lipinski definition) is 2. The number of amides is 2. The van der Waals surface area contributed by atoms with E-state index < -0.39 is 0 Å². The average Bonchev–Trinajstić information content (AvgIpc) is 2.62. The highest BCUT2D eigenvalue weighted by atomic mass is 16.5. The monoisotopic (exact) mass is 334 g/mol. The summed E-state index contributed by atoms with van der Waals surface area (Å²) >= 11 is 0. The maximum absolute atomic E-state index is 12.7. The molecule has 5 nitrogen and oxygen atoms in total. The standard InChI is InChI=1S/C19H30N2O3/c1-4-15-7-6-8-16(5-2)17(15)20-18(23)21(3)13-19(14-22)9-11-24-12-10-19/h6-8,22H,4-5,9-14H2,1-3H3,(H,20,23). The number of rotatable bonds is 6. The molecule has 0 aromatic heterocycles. The van der Waals surface area contributed by atoms with Gasteiger partial charge in [0.15, 0.2) is 0 Å². The average molecular weight is 334 g/mol. The van der Waals surface area contributed by atoms with Crippen LogP contribution >= 0.6 is 0 Å². The van der Waals surface area contributed by atoms with Crippen LogP contribution in [0.2, 0.25) is 0 Å².